The largest absolute Gasteiger partial charge is 0.454 e. The van der Waals surface area contributed by atoms with Gasteiger partial charge in [0, 0.05) is 16.3 Å². The molecule has 0 bridgehead atoms. The van der Waals surface area contributed by atoms with Gasteiger partial charge in [0.1, 0.15) is 11.6 Å². The standard InChI is InChI=1S/C25H19F2N3O5S2/c1-15-2-4-19(12-23(15)37(32,33)30-18-5-7-20(8-6-18)36-25(26)27)29-24(31)17(13-28)10-16-3-9-21-22(11-16)35-14-34-21/h2-12,25,30H,14H2,1H3,(H,29,31). The van der Waals surface area contributed by atoms with Crippen molar-refractivity contribution in [2.24, 2.45) is 0 Å². The summed E-state index contributed by atoms with van der Waals surface area (Å²) in [5.74, 6) is -2.26. The van der Waals surface area contributed by atoms with E-state index in [9.17, 15) is 27.3 Å². The van der Waals surface area contributed by atoms with E-state index in [1.807, 2.05) is 6.07 Å². The zero-order valence-corrected chi connectivity index (χ0v) is 20.8. The number of benzene rings is 3. The molecule has 3 aromatic carbocycles. The summed E-state index contributed by atoms with van der Waals surface area (Å²) in [6.07, 6.45) is 1.38. The molecule has 8 nitrogen and oxygen atoms in total. The molecule has 0 unspecified atom stereocenters. The third-order valence-electron chi connectivity index (χ3n) is 5.14. The first-order valence-electron chi connectivity index (χ1n) is 10.7. The Bertz CT molecular complexity index is 1520. The van der Waals surface area contributed by atoms with Crippen LogP contribution in [-0.2, 0) is 14.8 Å². The van der Waals surface area contributed by atoms with Gasteiger partial charge >= 0.3 is 0 Å². The lowest BCUT2D eigenvalue weighted by Gasteiger charge is -2.13. The van der Waals surface area contributed by atoms with Crippen molar-refractivity contribution in [2.75, 3.05) is 16.8 Å². The smallest absolute Gasteiger partial charge is 0.288 e. The Hall–Kier alpha value is -4.08. The van der Waals surface area contributed by atoms with Crippen LogP contribution < -0.4 is 19.5 Å². The van der Waals surface area contributed by atoms with Crippen LogP contribution in [-0.4, -0.2) is 26.9 Å². The molecule has 0 saturated carbocycles. The lowest BCUT2D eigenvalue weighted by Crippen LogP contribution is -2.17. The van der Waals surface area contributed by atoms with E-state index in [1.54, 1.807) is 25.1 Å². The zero-order valence-electron chi connectivity index (χ0n) is 19.2. The topological polar surface area (TPSA) is 118 Å². The maximum Gasteiger partial charge on any atom is 0.288 e. The Labute approximate surface area is 216 Å². The van der Waals surface area contributed by atoms with Gasteiger partial charge in [-0.1, -0.05) is 23.9 Å². The molecule has 2 N–H and O–H groups in total. The second-order valence-corrected chi connectivity index (χ2v) is 10.4. The second-order valence-electron chi connectivity index (χ2n) is 7.73. The number of amides is 1. The van der Waals surface area contributed by atoms with Crippen molar-refractivity contribution in [1.82, 2.24) is 0 Å². The average molecular weight is 544 g/mol. The van der Waals surface area contributed by atoms with Gasteiger partial charge in [-0.3, -0.25) is 9.52 Å². The lowest BCUT2D eigenvalue weighted by atomic mass is 10.1. The van der Waals surface area contributed by atoms with Gasteiger partial charge in [0.25, 0.3) is 21.7 Å². The predicted molar refractivity (Wildman–Crippen MR) is 135 cm³/mol. The minimum Gasteiger partial charge on any atom is -0.454 e. The first-order chi connectivity index (χ1) is 17.6. The molecule has 1 aliphatic rings. The van der Waals surface area contributed by atoms with E-state index in [1.165, 1.54) is 48.5 Å². The van der Waals surface area contributed by atoms with Crippen LogP contribution in [0.5, 0.6) is 11.5 Å². The predicted octanol–water partition coefficient (Wildman–Crippen LogP) is 5.38. The Morgan fingerprint density at radius 3 is 2.46 bits per heavy atom. The number of nitriles is 1. The van der Waals surface area contributed by atoms with Gasteiger partial charge in [-0.2, -0.15) is 14.0 Å². The van der Waals surface area contributed by atoms with Gasteiger partial charge in [0.2, 0.25) is 6.79 Å². The number of aryl methyl sites for hydroxylation is 1. The SMILES string of the molecule is Cc1ccc(NC(=O)C(C#N)=Cc2ccc3c(c2)OCO3)cc1S(=O)(=O)Nc1ccc(SC(F)F)cc1. The van der Waals surface area contributed by atoms with Crippen LogP contribution in [0.1, 0.15) is 11.1 Å². The molecule has 0 aliphatic carbocycles. The van der Waals surface area contributed by atoms with Gasteiger partial charge in [0.05, 0.1) is 4.90 Å². The van der Waals surface area contributed by atoms with E-state index in [4.69, 9.17) is 9.47 Å². The van der Waals surface area contributed by atoms with E-state index >= 15 is 0 Å². The first-order valence-corrected chi connectivity index (χ1v) is 13.0. The van der Waals surface area contributed by atoms with E-state index in [-0.39, 0.29) is 28.6 Å². The molecule has 0 atom stereocenters. The number of hydrogen-bond donors (Lipinski definition) is 2. The molecule has 1 aliphatic heterocycles. The molecule has 0 aromatic heterocycles. The summed E-state index contributed by atoms with van der Waals surface area (Å²) in [5.41, 5.74) is 1.10. The number of carbonyl (C=O) groups is 1. The van der Waals surface area contributed by atoms with Gasteiger partial charge in [-0.15, -0.1) is 0 Å². The number of thioether (sulfide) groups is 1. The minimum atomic E-state index is -4.08. The number of fused-ring (bicyclic) bond motifs is 1. The van der Waals surface area contributed by atoms with Crippen LogP contribution in [0.3, 0.4) is 0 Å². The number of anilines is 2. The van der Waals surface area contributed by atoms with E-state index < -0.39 is 21.7 Å². The minimum absolute atomic E-state index is 0.0880. The molecule has 12 heteroatoms. The fourth-order valence-electron chi connectivity index (χ4n) is 3.40. The van der Waals surface area contributed by atoms with Crippen molar-refractivity contribution in [3.8, 4) is 17.6 Å². The maximum atomic E-state index is 13.0. The molecule has 0 radical (unpaired) electrons. The summed E-state index contributed by atoms with van der Waals surface area (Å²) in [4.78, 5) is 12.9. The van der Waals surface area contributed by atoms with Gasteiger partial charge in [0.15, 0.2) is 11.5 Å². The average Bonchev–Trinajstić information content (AvgIpc) is 3.32. The Kier molecular flexibility index (Phi) is 7.66. The van der Waals surface area contributed by atoms with Crippen molar-refractivity contribution in [2.45, 2.75) is 22.5 Å². The number of alkyl halides is 2. The molecule has 190 valence electrons. The maximum absolute atomic E-state index is 13.0. The van der Waals surface area contributed by atoms with Crippen molar-refractivity contribution >= 4 is 45.1 Å². The fourth-order valence-corrected chi connectivity index (χ4v) is 5.23. The highest BCUT2D eigenvalue weighted by molar-refractivity contribution is 7.99. The summed E-state index contributed by atoms with van der Waals surface area (Å²) < 4.78 is 64.0. The number of nitrogens with one attached hydrogen (secondary N) is 2. The number of rotatable bonds is 8. The molecule has 4 rings (SSSR count). The molecule has 0 spiro atoms. The third kappa shape index (κ3) is 6.38. The Balaban J connectivity index is 1.51. The summed E-state index contributed by atoms with van der Waals surface area (Å²) in [6, 6.07) is 16.6. The van der Waals surface area contributed by atoms with Crippen molar-refractivity contribution < 1.29 is 31.5 Å². The molecular formula is C25H19F2N3O5S2. The fraction of sp³-hybridized carbons (Fsp3) is 0.120. The number of sulfonamides is 1. The molecule has 0 saturated heterocycles. The van der Waals surface area contributed by atoms with Crippen molar-refractivity contribution in [1.29, 1.82) is 5.26 Å². The lowest BCUT2D eigenvalue weighted by molar-refractivity contribution is -0.112. The molecule has 1 amide bonds. The van der Waals surface area contributed by atoms with Crippen LogP contribution in [0.4, 0.5) is 20.2 Å². The first kappa shape index (κ1) is 26.0. The Morgan fingerprint density at radius 2 is 1.76 bits per heavy atom. The molecule has 3 aromatic rings. The Morgan fingerprint density at radius 1 is 1.05 bits per heavy atom. The number of halogens is 2. The normalized spacial score (nSPS) is 12.8. The number of nitrogens with zero attached hydrogens (tertiary/aromatic N) is 1. The molecular weight excluding hydrogens is 524 g/mol. The van der Waals surface area contributed by atoms with Crippen LogP contribution in [0.2, 0.25) is 0 Å². The third-order valence-corrected chi connectivity index (χ3v) is 7.39. The van der Waals surface area contributed by atoms with E-state index in [2.05, 4.69) is 10.0 Å². The van der Waals surface area contributed by atoms with E-state index in [0.29, 0.717) is 39.3 Å². The summed E-state index contributed by atoms with van der Waals surface area (Å²) in [7, 11) is -4.08. The quantitative estimate of drug-likeness (QED) is 0.222. The van der Waals surface area contributed by atoms with E-state index in [0.717, 1.165) is 0 Å². The van der Waals surface area contributed by atoms with Gasteiger partial charge < -0.3 is 14.8 Å². The number of ether oxygens (including phenoxy) is 2. The summed E-state index contributed by atoms with van der Waals surface area (Å²) in [5, 5.41) is 12.0. The van der Waals surface area contributed by atoms with Crippen LogP contribution >= 0.6 is 11.8 Å². The summed E-state index contributed by atoms with van der Waals surface area (Å²) in [6.45, 7) is 1.67. The molecule has 37 heavy (non-hydrogen) atoms. The zero-order chi connectivity index (χ0) is 26.6. The highest BCUT2D eigenvalue weighted by Gasteiger charge is 2.20. The highest BCUT2D eigenvalue weighted by Crippen LogP contribution is 2.33. The molecule has 0 fully saturated rings. The monoisotopic (exact) mass is 543 g/mol. The molecule has 1 heterocycles. The van der Waals surface area contributed by atoms with Crippen molar-refractivity contribution in [3.05, 3.63) is 77.4 Å². The van der Waals surface area contributed by atoms with Crippen molar-refractivity contribution in [3.63, 3.8) is 0 Å². The van der Waals surface area contributed by atoms with Gasteiger partial charge in [-0.05, 0) is 72.7 Å². The highest BCUT2D eigenvalue weighted by atomic mass is 32.2. The number of carbonyl (C=O) groups excluding carboxylic acids is 1. The van der Waals surface area contributed by atoms with Crippen LogP contribution in [0.25, 0.3) is 6.08 Å². The number of hydrogen-bond acceptors (Lipinski definition) is 7. The summed E-state index contributed by atoms with van der Waals surface area (Å²) >= 11 is 0.351. The second kappa shape index (κ2) is 10.9. The van der Waals surface area contributed by atoms with Crippen LogP contribution in [0, 0.1) is 18.3 Å². The van der Waals surface area contributed by atoms with Gasteiger partial charge in [-0.25, -0.2) is 8.42 Å². The van der Waals surface area contributed by atoms with Crippen LogP contribution in [0.15, 0.2) is 76.0 Å².